The normalized spacial score (nSPS) is 21.1. The van der Waals surface area contributed by atoms with E-state index in [-0.39, 0.29) is 16.7 Å². The number of carbonyl (C=O) groups is 1. The van der Waals surface area contributed by atoms with E-state index in [1.807, 2.05) is 38.1 Å². The Hall–Kier alpha value is -1.41. The van der Waals surface area contributed by atoms with E-state index in [1.54, 1.807) is 6.07 Å². The molecule has 1 atom stereocenters. The molecule has 1 saturated heterocycles. The first kappa shape index (κ1) is 20.3. The van der Waals surface area contributed by atoms with Crippen LogP contribution in [0.1, 0.15) is 30.9 Å². The van der Waals surface area contributed by atoms with E-state index >= 15 is 0 Å². The van der Waals surface area contributed by atoms with Crippen LogP contribution in [-0.4, -0.2) is 31.7 Å². The topological polar surface area (TPSA) is 66.5 Å². The van der Waals surface area contributed by atoms with Crippen molar-refractivity contribution in [3.05, 3.63) is 51.9 Å². The number of aryl methyl sites for hydroxylation is 1. The van der Waals surface area contributed by atoms with Gasteiger partial charge in [-0.25, -0.2) is 8.42 Å². The first-order valence-electron chi connectivity index (χ1n) is 8.81. The maximum absolute atomic E-state index is 12.9. The van der Waals surface area contributed by atoms with Crippen molar-refractivity contribution >= 4 is 38.9 Å². The summed E-state index contributed by atoms with van der Waals surface area (Å²) in [7, 11) is -3.63. The van der Waals surface area contributed by atoms with Gasteiger partial charge in [-0.2, -0.15) is 4.31 Å². The first-order chi connectivity index (χ1) is 12.7. The number of carbonyl (C=O) groups excluding carboxylic acids is 1. The number of benzene rings is 1. The quantitative estimate of drug-likeness (QED) is 0.790. The number of hydrogen-bond acceptors (Lipinski definition) is 4. The Balaban J connectivity index is 1.72. The molecule has 8 heteroatoms. The Bertz CT molecular complexity index is 942. The molecule has 0 saturated carbocycles. The summed E-state index contributed by atoms with van der Waals surface area (Å²) in [5.74, 6) is -0.116. The van der Waals surface area contributed by atoms with E-state index in [2.05, 4.69) is 5.32 Å². The van der Waals surface area contributed by atoms with E-state index in [0.717, 1.165) is 22.5 Å². The molecule has 1 aliphatic heterocycles. The summed E-state index contributed by atoms with van der Waals surface area (Å²) >= 11 is 6.94. The molecular formula is C19H23ClN2O3S2. The van der Waals surface area contributed by atoms with Gasteiger partial charge in [-0.1, -0.05) is 35.9 Å². The average molecular weight is 427 g/mol. The summed E-state index contributed by atoms with van der Waals surface area (Å²) in [6.45, 7) is 4.87. The molecule has 0 spiro atoms. The molecule has 0 unspecified atom stereocenters. The highest BCUT2D eigenvalue weighted by Crippen LogP contribution is 2.35. The lowest BCUT2D eigenvalue weighted by atomic mass is 9.82. The molecule has 5 nitrogen and oxygen atoms in total. The largest absolute Gasteiger partial charge is 0.352 e. The lowest BCUT2D eigenvalue weighted by molar-refractivity contribution is -0.132. The van der Waals surface area contributed by atoms with Crippen LogP contribution in [0.4, 0.5) is 0 Å². The minimum Gasteiger partial charge on any atom is -0.352 e. The van der Waals surface area contributed by atoms with Gasteiger partial charge in [0.1, 0.15) is 4.21 Å². The molecular weight excluding hydrogens is 404 g/mol. The van der Waals surface area contributed by atoms with Crippen molar-refractivity contribution in [2.75, 3.05) is 13.1 Å². The number of nitrogens with zero attached hydrogens (tertiary/aromatic N) is 1. The Morgan fingerprint density at radius 1 is 1.30 bits per heavy atom. The van der Waals surface area contributed by atoms with E-state index in [9.17, 15) is 13.2 Å². The van der Waals surface area contributed by atoms with Crippen LogP contribution in [0, 0.1) is 12.3 Å². The molecule has 1 fully saturated rings. The van der Waals surface area contributed by atoms with Crippen molar-refractivity contribution in [2.24, 2.45) is 5.41 Å². The molecule has 1 aromatic carbocycles. The molecule has 27 heavy (non-hydrogen) atoms. The molecule has 1 aromatic heterocycles. The van der Waals surface area contributed by atoms with E-state index in [0.29, 0.717) is 30.3 Å². The molecule has 0 bridgehead atoms. The molecule has 1 N–H and O–H groups in total. The van der Waals surface area contributed by atoms with E-state index in [4.69, 9.17) is 11.6 Å². The van der Waals surface area contributed by atoms with E-state index < -0.39 is 15.4 Å². The third-order valence-electron chi connectivity index (χ3n) is 5.05. The fourth-order valence-electron chi connectivity index (χ4n) is 3.34. The van der Waals surface area contributed by atoms with Gasteiger partial charge in [0.05, 0.1) is 9.75 Å². The maximum Gasteiger partial charge on any atom is 0.252 e. The van der Waals surface area contributed by atoms with Gasteiger partial charge >= 0.3 is 0 Å². The van der Waals surface area contributed by atoms with Crippen LogP contribution in [0.3, 0.4) is 0 Å². The van der Waals surface area contributed by atoms with Crippen molar-refractivity contribution in [3.63, 3.8) is 0 Å². The number of sulfonamides is 1. The first-order valence-corrected chi connectivity index (χ1v) is 11.4. The second-order valence-corrected chi connectivity index (χ2v) is 11.1. The van der Waals surface area contributed by atoms with Gasteiger partial charge in [0, 0.05) is 19.6 Å². The molecule has 0 aliphatic carbocycles. The number of halogens is 1. The molecule has 1 aliphatic rings. The number of amides is 1. The van der Waals surface area contributed by atoms with Crippen LogP contribution >= 0.6 is 22.9 Å². The van der Waals surface area contributed by atoms with Gasteiger partial charge < -0.3 is 5.32 Å². The molecule has 2 heterocycles. The highest BCUT2D eigenvalue weighted by atomic mass is 35.5. The van der Waals surface area contributed by atoms with Crippen LogP contribution in [-0.2, 0) is 21.4 Å². The van der Waals surface area contributed by atoms with Crippen LogP contribution in [0.15, 0.2) is 40.6 Å². The van der Waals surface area contributed by atoms with Crippen LogP contribution in [0.25, 0.3) is 0 Å². The van der Waals surface area contributed by atoms with Gasteiger partial charge in [0.2, 0.25) is 5.91 Å². The van der Waals surface area contributed by atoms with E-state index in [1.165, 1.54) is 10.4 Å². The number of hydrogen-bond donors (Lipinski definition) is 1. The third kappa shape index (κ3) is 4.37. The highest BCUT2D eigenvalue weighted by molar-refractivity contribution is 7.91. The maximum atomic E-state index is 12.9. The standard InChI is InChI=1S/C19H23ClN2O3S2/c1-14-6-3-4-7-15(14)12-21-18(23)19(2)10-5-11-22(13-19)27(24,25)17-9-8-16(20)26-17/h3-4,6-9H,5,10-13H2,1-2H3,(H,21,23)/t19-/m1/s1. The zero-order valence-electron chi connectivity index (χ0n) is 15.4. The SMILES string of the molecule is Cc1ccccc1CNC(=O)[C@]1(C)CCCN(S(=O)(=O)c2ccc(Cl)s2)C1. The van der Waals surface area contributed by atoms with Gasteiger partial charge in [-0.05, 0) is 49.9 Å². The highest BCUT2D eigenvalue weighted by Gasteiger charge is 2.42. The summed E-state index contributed by atoms with van der Waals surface area (Å²) < 4.78 is 27.8. The number of nitrogens with one attached hydrogen (secondary N) is 1. The van der Waals surface area contributed by atoms with Gasteiger partial charge in [0.15, 0.2) is 0 Å². The van der Waals surface area contributed by atoms with Gasteiger partial charge in [-0.15, -0.1) is 11.3 Å². The van der Waals surface area contributed by atoms with Gasteiger partial charge in [0.25, 0.3) is 10.0 Å². The second kappa shape index (κ2) is 7.91. The molecule has 1 amide bonds. The zero-order chi connectivity index (χ0) is 19.7. The third-order valence-corrected chi connectivity index (χ3v) is 8.60. The zero-order valence-corrected chi connectivity index (χ0v) is 17.8. The Morgan fingerprint density at radius 2 is 2.04 bits per heavy atom. The molecule has 0 radical (unpaired) electrons. The van der Waals surface area contributed by atoms with Crippen molar-refractivity contribution in [1.29, 1.82) is 0 Å². The lowest BCUT2D eigenvalue weighted by Crippen LogP contribution is -2.51. The van der Waals surface area contributed by atoms with Crippen molar-refractivity contribution in [2.45, 2.75) is 37.4 Å². The fraction of sp³-hybridized carbons (Fsp3) is 0.421. The monoisotopic (exact) mass is 426 g/mol. The van der Waals surface area contributed by atoms with Crippen molar-refractivity contribution in [1.82, 2.24) is 9.62 Å². The summed E-state index contributed by atoms with van der Waals surface area (Å²) in [6.07, 6.45) is 1.30. The molecule has 2 aromatic rings. The van der Waals surface area contributed by atoms with Crippen molar-refractivity contribution in [3.8, 4) is 0 Å². The van der Waals surface area contributed by atoms with Crippen LogP contribution in [0.5, 0.6) is 0 Å². The molecule has 146 valence electrons. The fourth-order valence-corrected chi connectivity index (χ4v) is 6.58. The van der Waals surface area contributed by atoms with Crippen LogP contribution < -0.4 is 5.32 Å². The molecule has 3 rings (SSSR count). The summed E-state index contributed by atoms with van der Waals surface area (Å²) in [4.78, 5) is 12.9. The predicted molar refractivity (Wildman–Crippen MR) is 108 cm³/mol. The van der Waals surface area contributed by atoms with Crippen molar-refractivity contribution < 1.29 is 13.2 Å². The second-order valence-electron chi connectivity index (χ2n) is 7.17. The number of rotatable bonds is 5. The summed E-state index contributed by atoms with van der Waals surface area (Å²) in [5.41, 5.74) is 1.42. The van der Waals surface area contributed by atoms with Gasteiger partial charge in [-0.3, -0.25) is 4.79 Å². The van der Waals surface area contributed by atoms with Crippen LogP contribution in [0.2, 0.25) is 4.34 Å². The smallest absolute Gasteiger partial charge is 0.252 e. The average Bonchev–Trinajstić information content (AvgIpc) is 3.08. The number of thiophene rings is 1. The summed E-state index contributed by atoms with van der Waals surface area (Å²) in [5, 5.41) is 2.99. The Morgan fingerprint density at radius 3 is 2.70 bits per heavy atom. The minimum atomic E-state index is -3.63. The predicted octanol–water partition coefficient (Wildman–Crippen LogP) is 3.82. The lowest BCUT2D eigenvalue weighted by Gasteiger charge is -2.38. The Labute approximate surface area is 169 Å². The number of piperidine rings is 1. The summed E-state index contributed by atoms with van der Waals surface area (Å²) in [6, 6.07) is 11.0. The Kier molecular flexibility index (Phi) is 5.96. The minimum absolute atomic E-state index is 0.116.